The third kappa shape index (κ3) is 3.72. The second-order valence-electron chi connectivity index (χ2n) is 5.29. The fourth-order valence-electron chi connectivity index (χ4n) is 2.48. The van der Waals surface area contributed by atoms with Gasteiger partial charge >= 0.3 is 0 Å². The molecule has 0 aliphatic carbocycles. The molecule has 6 heteroatoms. The third-order valence-corrected chi connectivity index (χ3v) is 4.00. The molecule has 0 atom stereocenters. The Morgan fingerprint density at radius 1 is 1.08 bits per heavy atom. The minimum atomic E-state index is -0.160. The van der Waals surface area contributed by atoms with Crippen LogP contribution in [0.1, 0.15) is 15.9 Å². The molecule has 1 aliphatic rings. The molecule has 2 aromatic rings. The molecule has 0 amide bonds. The quantitative estimate of drug-likeness (QED) is 0.595. The van der Waals surface area contributed by atoms with Gasteiger partial charge in [0.25, 0.3) is 0 Å². The highest BCUT2D eigenvalue weighted by molar-refractivity contribution is 6.32. The molecule has 130 valence electrons. The summed E-state index contributed by atoms with van der Waals surface area (Å²) in [5.74, 6) is 2.03. The Bertz CT molecular complexity index is 829. The molecule has 0 N–H and O–H groups in total. The second kappa shape index (κ2) is 7.49. The predicted octanol–water partition coefficient (Wildman–Crippen LogP) is 4.02. The average Bonchev–Trinajstić information content (AvgIpc) is 2.65. The molecule has 0 saturated carbocycles. The Kier molecular flexibility index (Phi) is 5.14. The first kappa shape index (κ1) is 17.2. The molecular weight excluding hydrogens is 344 g/mol. The van der Waals surface area contributed by atoms with Gasteiger partial charge in [-0.15, -0.1) is 0 Å². The van der Waals surface area contributed by atoms with E-state index >= 15 is 0 Å². The number of hydrogen-bond donors (Lipinski definition) is 0. The summed E-state index contributed by atoms with van der Waals surface area (Å²) in [7, 11) is 3.07. The lowest BCUT2D eigenvalue weighted by atomic mass is 10.1. The highest BCUT2D eigenvalue weighted by Gasteiger charge is 2.16. The van der Waals surface area contributed by atoms with E-state index in [0.29, 0.717) is 46.8 Å². The van der Waals surface area contributed by atoms with Crippen molar-refractivity contribution in [2.24, 2.45) is 0 Å². The number of methoxy groups -OCH3 is 2. The fraction of sp³-hybridized carbons (Fsp3) is 0.211. The molecule has 25 heavy (non-hydrogen) atoms. The highest BCUT2D eigenvalue weighted by Crippen LogP contribution is 2.38. The van der Waals surface area contributed by atoms with Gasteiger partial charge in [0.15, 0.2) is 28.8 Å². The van der Waals surface area contributed by atoms with Crippen molar-refractivity contribution in [2.75, 3.05) is 27.4 Å². The van der Waals surface area contributed by atoms with E-state index in [-0.39, 0.29) is 5.78 Å². The Morgan fingerprint density at radius 3 is 2.60 bits per heavy atom. The monoisotopic (exact) mass is 360 g/mol. The first-order valence-corrected chi connectivity index (χ1v) is 8.03. The van der Waals surface area contributed by atoms with Crippen LogP contribution in [-0.2, 0) is 0 Å². The van der Waals surface area contributed by atoms with Gasteiger partial charge in [0.1, 0.15) is 13.2 Å². The van der Waals surface area contributed by atoms with Gasteiger partial charge in [0.2, 0.25) is 0 Å². The van der Waals surface area contributed by atoms with E-state index in [0.717, 1.165) is 5.56 Å². The van der Waals surface area contributed by atoms with Crippen LogP contribution in [0.25, 0.3) is 6.08 Å². The Balaban J connectivity index is 1.82. The normalized spacial score (nSPS) is 12.9. The van der Waals surface area contributed by atoms with Crippen LogP contribution in [0.4, 0.5) is 0 Å². The lowest BCUT2D eigenvalue weighted by Crippen LogP contribution is -2.15. The predicted molar refractivity (Wildman–Crippen MR) is 95.4 cm³/mol. The summed E-state index contributed by atoms with van der Waals surface area (Å²) < 4.78 is 21.4. The first-order chi connectivity index (χ1) is 12.1. The number of hydrogen-bond acceptors (Lipinski definition) is 5. The number of ketones is 1. The minimum absolute atomic E-state index is 0.160. The molecule has 3 rings (SSSR count). The molecule has 0 unspecified atom stereocenters. The van der Waals surface area contributed by atoms with Crippen LogP contribution in [0.3, 0.4) is 0 Å². The standard InChI is InChI=1S/C19H17ClO5/c1-22-16-6-4-13(11-17(16)23-2)15(21)5-3-12-9-14(20)19-18(10-12)24-7-8-25-19/h3-6,9-11H,7-8H2,1-2H3/b5-3+. The summed E-state index contributed by atoms with van der Waals surface area (Å²) in [6.07, 6.45) is 3.16. The van der Waals surface area contributed by atoms with Gasteiger partial charge in [-0.25, -0.2) is 0 Å². The van der Waals surface area contributed by atoms with E-state index in [2.05, 4.69) is 0 Å². The van der Waals surface area contributed by atoms with Crippen molar-refractivity contribution in [3.63, 3.8) is 0 Å². The largest absolute Gasteiger partial charge is 0.493 e. The van der Waals surface area contributed by atoms with E-state index in [1.165, 1.54) is 13.2 Å². The van der Waals surface area contributed by atoms with Crippen molar-refractivity contribution in [2.45, 2.75) is 0 Å². The van der Waals surface area contributed by atoms with Crippen LogP contribution < -0.4 is 18.9 Å². The van der Waals surface area contributed by atoms with Crippen molar-refractivity contribution in [3.8, 4) is 23.0 Å². The number of carbonyl (C=O) groups is 1. The third-order valence-electron chi connectivity index (χ3n) is 3.71. The average molecular weight is 361 g/mol. The number of halogens is 1. The summed E-state index contributed by atoms with van der Waals surface area (Å²) in [6.45, 7) is 0.945. The number of fused-ring (bicyclic) bond motifs is 1. The zero-order chi connectivity index (χ0) is 17.8. The number of carbonyl (C=O) groups excluding carboxylic acids is 1. The van der Waals surface area contributed by atoms with Gasteiger partial charge in [-0.05, 0) is 42.0 Å². The van der Waals surface area contributed by atoms with E-state index in [1.54, 1.807) is 43.5 Å². The van der Waals surface area contributed by atoms with Gasteiger partial charge < -0.3 is 18.9 Å². The lowest BCUT2D eigenvalue weighted by Gasteiger charge is -2.19. The second-order valence-corrected chi connectivity index (χ2v) is 5.70. The minimum Gasteiger partial charge on any atom is -0.493 e. The summed E-state index contributed by atoms with van der Waals surface area (Å²) in [6, 6.07) is 8.54. The van der Waals surface area contributed by atoms with Crippen LogP contribution >= 0.6 is 11.6 Å². The van der Waals surface area contributed by atoms with Crippen LogP contribution in [0, 0.1) is 0 Å². The van der Waals surface area contributed by atoms with E-state index in [4.69, 9.17) is 30.5 Å². The molecule has 2 aromatic carbocycles. The lowest BCUT2D eigenvalue weighted by molar-refractivity contribution is 0.104. The fourth-order valence-corrected chi connectivity index (χ4v) is 2.76. The molecule has 0 saturated heterocycles. The van der Waals surface area contributed by atoms with E-state index < -0.39 is 0 Å². The molecule has 0 aromatic heterocycles. The first-order valence-electron chi connectivity index (χ1n) is 7.66. The van der Waals surface area contributed by atoms with Crippen molar-refractivity contribution in [1.82, 2.24) is 0 Å². The summed E-state index contributed by atoms with van der Waals surface area (Å²) in [5.41, 5.74) is 1.25. The number of ether oxygens (including phenoxy) is 4. The number of rotatable bonds is 5. The molecule has 5 nitrogen and oxygen atoms in total. The Hall–Kier alpha value is -2.66. The van der Waals surface area contributed by atoms with Crippen LogP contribution in [0.5, 0.6) is 23.0 Å². The zero-order valence-corrected chi connectivity index (χ0v) is 14.6. The van der Waals surface area contributed by atoms with Crippen LogP contribution in [0.15, 0.2) is 36.4 Å². The van der Waals surface area contributed by atoms with E-state index in [1.807, 2.05) is 0 Å². The topological polar surface area (TPSA) is 54.0 Å². The maximum Gasteiger partial charge on any atom is 0.185 e. The van der Waals surface area contributed by atoms with Crippen LogP contribution in [-0.4, -0.2) is 33.2 Å². The van der Waals surface area contributed by atoms with Gasteiger partial charge in [-0.1, -0.05) is 17.7 Å². The smallest absolute Gasteiger partial charge is 0.185 e. The molecular formula is C19H17ClO5. The summed E-state index contributed by atoms with van der Waals surface area (Å²) in [4.78, 5) is 12.4. The molecule has 0 bridgehead atoms. The zero-order valence-electron chi connectivity index (χ0n) is 13.9. The van der Waals surface area contributed by atoms with Gasteiger partial charge in [0, 0.05) is 5.56 Å². The molecule has 0 radical (unpaired) electrons. The van der Waals surface area contributed by atoms with E-state index in [9.17, 15) is 4.79 Å². The molecule has 0 spiro atoms. The molecule has 1 aliphatic heterocycles. The van der Waals surface area contributed by atoms with Crippen molar-refractivity contribution >= 4 is 23.5 Å². The maximum atomic E-state index is 12.4. The van der Waals surface area contributed by atoms with Gasteiger partial charge in [-0.3, -0.25) is 4.79 Å². The molecule has 1 heterocycles. The van der Waals surface area contributed by atoms with Crippen LogP contribution in [0.2, 0.25) is 5.02 Å². The maximum absolute atomic E-state index is 12.4. The van der Waals surface area contributed by atoms with Crippen molar-refractivity contribution in [3.05, 3.63) is 52.6 Å². The Morgan fingerprint density at radius 2 is 1.84 bits per heavy atom. The highest BCUT2D eigenvalue weighted by atomic mass is 35.5. The van der Waals surface area contributed by atoms with Crippen molar-refractivity contribution < 1.29 is 23.7 Å². The summed E-state index contributed by atoms with van der Waals surface area (Å²) >= 11 is 6.20. The SMILES string of the molecule is COc1ccc(C(=O)/C=C/c2cc(Cl)c3c(c2)OCCO3)cc1OC. The van der Waals surface area contributed by atoms with Gasteiger partial charge in [-0.2, -0.15) is 0 Å². The number of benzene rings is 2. The molecule has 0 fully saturated rings. The Labute approximate surface area is 150 Å². The van der Waals surface area contributed by atoms with Gasteiger partial charge in [0.05, 0.1) is 19.2 Å². The van der Waals surface area contributed by atoms with Crippen molar-refractivity contribution in [1.29, 1.82) is 0 Å². The number of allylic oxidation sites excluding steroid dienone is 1. The summed E-state index contributed by atoms with van der Waals surface area (Å²) in [5, 5.41) is 0.454.